The molecule has 1 aliphatic rings. The summed E-state index contributed by atoms with van der Waals surface area (Å²) in [6, 6.07) is 0. The average Bonchev–Trinajstić information content (AvgIpc) is 2.90. The van der Waals surface area contributed by atoms with Crippen LogP contribution in [0.1, 0.15) is 25.0 Å². The van der Waals surface area contributed by atoms with Crippen molar-refractivity contribution in [2.24, 2.45) is 0 Å². The molecule has 1 amide bonds. The Morgan fingerprint density at radius 1 is 1.53 bits per heavy atom. The summed E-state index contributed by atoms with van der Waals surface area (Å²) in [5.74, 6) is 2.03. The second-order valence-electron chi connectivity index (χ2n) is 4.32. The van der Waals surface area contributed by atoms with Gasteiger partial charge >= 0.3 is 0 Å². The van der Waals surface area contributed by atoms with Gasteiger partial charge in [-0.05, 0) is 13.0 Å². The summed E-state index contributed by atoms with van der Waals surface area (Å²) in [5, 5.41) is 11.3. The third-order valence-corrected chi connectivity index (χ3v) is 3.02. The molecule has 0 spiro atoms. The minimum atomic E-state index is 0.0854. The number of nitrogens with one attached hydrogen (secondary N) is 1. The maximum absolute atomic E-state index is 11.7. The van der Waals surface area contributed by atoms with Crippen LogP contribution < -0.4 is 5.32 Å². The number of hydrogen-bond acceptors (Lipinski definition) is 4. The topological polar surface area (TPSA) is 63.1 Å². The molecular formula is C11H19N5O. The fourth-order valence-corrected chi connectivity index (χ4v) is 1.99. The lowest BCUT2D eigenvalue weighted by Crippen LogP contribution is -2.35. The van der Waals surface area contributed by atoms with E-state index >= 15 is 0 Å². The first kappa shape index (κ1) is 12.0. The molecule has 6 nitrogen and oxygen atoms in total. The van der Waals surface area contributed by atoms with Crippen LogP contribution in [0.2, 0.25) is 0 Å². The lowest BCUT2D eigenvalue weighted by Gasteiger charge is -2.16. The van der Waals surface area contributed by atoms with Crippen LogP contribution in [0.4, 0.5) is 0 Å². The van der Waals surface area contributed by atoms with Crippen molar-refractivity contribution in [1.82, 2.24) is 25.0 Å². The molecule has 0 unspecified atom stereocenters. The Kier molecular flexibility index (Phi) is 3.73. The quantitative estimate of drug-likeness (QED) is 0.770. The lowest BCUT2D eigenvalue weighted by molar-refractivity contribution is -0.129. The van der Waals surface area contributed by atoms with Crippen molar-refractivity contribution in [2.75, 3.05) is 20.1 Å². The minimum absolute atomic E-state index is 0.0854. The first-order valence-corrected chi connectivity index (χ1v) is 6.08. The SMILES string of the molecule is CCNCC(=O)N(C)Cc1nnc2n1CCC2. The molecule has 0 aliphatic carbocycles. The molecule has 0 aromatic carbocycles. The smallest absolute Gasteiger partial charge is 0.236 e. The van der Waals surface area contributed by atoms with Crippen LogP contribution in [-0.2, 0) is 24.3 Å². The predicted molar refractivity (Wildman–Crippen MR) is 63.4 cm³/mol. The highest BCUT2D eigenvalue weighted by molar-refractivity contribution is 5.77. The third-order valence-electron chi connectivity index (χ3n) is 3.02. The fraction of sp³-hybridized carbons (Fsp3) is 0.727. The van der Waals surface area contributed by atoms with Crippen LogP contribution in [0.25, 0.3) is 0 Å². The van der Waals surface area contributed by atoms with E-state index in [-0.39, 0.29) is 5.91 Å². The molecule has 1 aromatic heterocycles. The average molecular weight is 237 g/mol. The Hall–Kier alpha value is -1.43. The second-order valence-corrected chi connectivity index (χ2v) is 4.32. The van der Waals surface area contributed by atoms with Crippen molar-refractivity contribution in [3.63, 3.8) is 0 Å². The number of aryl methyl sites for hydroxylation is 1. The fourth-order valence-electron chi connectivity index (χ4n) is 1.99. The van der Waals surface area contributed by atoms with E-state index in [2.05, 4.69) is 20.1 Å². The summed E-state index contributed by atoms with van der Waals surface area (Å²) in [6.45, 7) is 4.69. The van der Waals surface area contributed by atoms with Gasteiger partial charge < -0.3 is 14.8 Å². The molecule has 0 saturated carbocycles. The molecule has 17 heavy (non-hydrogen) atoms. The van der Waals surface area contributed by atoms with Crippen molar-refractivity contribution >= 4 is 5.91 Å². The zero-order valence-electron chi connectivity index (χ0n) is 10.4. The first-order chi connectivity index (χ1) is 8.22. The number of aromatic nitrogens is 3. The summed E-state index contributed by atoms with van der Waals surface area (Å²) in [7, 11) is 1.80. The van der Waals surface area contributed by atoms with Gasteiger partial charge in [0.1, 0.15) is 5.82 Å². The summed E-state index contributed by atoms with van der Waals surface area (Å²) in [4.78, 5) is 13.4. The van der Waals surface area contributed by atoms with E-state index in [0.717, 1.165) is 37.6 Å². The van der Waals surface area contributed by atoms with E-state index in [1.165, 1.54) is 0 Å². The maximum atomic E-state index is 11.7. The molecule has 1 aromatic rings. The molecule has 0 fully saturated rings. The maximum Gasteiger partial charge on any atom is 0.236 e. The highest BCUT2D eigenvalue weighted by atomic mass is 16.2. The largest absolute Gasteiger partial charge is 0.337 e. The Balaban J connectivity index is 1.93. The highest BCUT2D eigenvalue weighted by Crippen LogP contribution is 2.14. The van der Waals surface area contributed by atoms with Crippen molar-refractivity contribution in [3.05, 3.63) is 11.6 Å². The van der Waals surface area contributed by atoms with E-state index < -0.39 is 0 Å². The van der Waals surface area contributed by atoms with E-state index in [0.29, 0.717) is 13.1 Å². The van der Waals surface area contributed by atoms with Gasteiger partial charge in [-0.1, -0.05) is 6.92 Å². The summed E-state index contributed by atoms with van der Waals surface area (Å²) >= 11 is 0. The van der Waals surface area contributed by atoms with Crippen LogP contribution in [0.3, 0.4) is 0 Å². The van der Waals surface area contributed by atoms with Gasteiger partial charge in [0.2, 0.25) is 5.91 Å². The molecule has 0 saturated heterocycles. The zero-order chi connectivity index (χ0) is 12.3. The number of carbonyl (C=O) groups is 1. The van der Waals surface area contributed by atoms with Crippen LogP contribution in [0.15, 0.2) is 0 Å². The number of rotatable bonds is 5. The van der Waals surface area contributed by atoms with Crippen LogP contribution in [-0.4, -0.2) is 45.7 Å². The second kappa shape index (κ2) is 5.27. The predicted octanol–water partition coefficient (Wildman–Crippen LogP) is -0.208. The number of likely N-dealkylation sites (N-methyl/N-ethyl adjacent to an activating group) is 2. The van der Waals surface area contributed by atoms with Crippen LogP contribution >= 0.6 is 0 Å². The molecule has 0 bridgehead atoms. The Bertz CT molecular complexity index is 401. The summed E-state index contributed by atoms with van der Waals surface area (Å²) in [6.07, 6.45) is 2.13. The molecular weight excluding hydrogens is 218 g/mol. The number of fused-ring (bicyclic) bond motifs is 1. The van der Waals surface area contributed by atoms with Crippen LogP contribution in [0, 0.1) is 0 Å². The molecule has 2 rings (SSSR count). The Labute approximate surface area is 101 Å². The number of hydrogen-bond donors (Lipinski definition) is 1. The highest BCUT2D eigenvalue weighted by Gasteiger charge is 2.19. The number of amides is 1. The van der Waals surface area contributed by atoms with Crippen molar-refractivity contribution in [1.29, 1.82) is 0 Å². The van der Waals surface area contributed by atoms with Gasteiger partial charge in [0, 0.05) is 20.0 Å². The Morgan fingerprint density at radius 2 is 2.35 bits per heavy atom. The van der Waals surface area contributed by atoms with Gasteiger partial charge in [0.15, 0.2) is 5.82 Å². The zero-order valence-corrected chi connectivity index (χ0v) is 10.4. The molecule has 1 N–H and O–H groups in total. The van der Waals surface area contributed by atoms with E-state index in [9.17, 15) is 4.79 Å². The minimum Gasteiger partial charge on any atom is -0.337 e. The van der Waals surface area contributed by atoms with Gasteiger partial charge in [-0.3, -0.25) is 4.79 Å². The van der Waals surface area contributed by atoms with E-state index in [4.69, 9.17) is 0 Å². The van der Waals surface area contributed by atoms with E-state index in [1.807, 2.05) is 6.92 Å². The molecule has 94 valence electrons. The van der Waals surface area contributed by atoms with E-state index in [1.54, 1.807) is 11.9 Å². The number of carbonyl (C=O) groups excluding carboxylic acids is 1. The van der Waals surface area contributed by atoms with Gasteiger partial charge in [-0.2, -0.15) is 0 Å². The van der Waals surface area contributed by atoms with Gasteiger partial charge in [0.25, 0.3) is 0 Å². The standard InChI is InChI=1S/C11H19N5O/c1-3-12-7-11(17)15(2)8-10-14-13-9-5-4-6-16(9)10/h12H,3-8H2,1-2H3. The van der Waals surface area contributed by atoms with Gasteiger partial charge in [-0.25, -0.2) is 0 Å². The first-order valence-electron chi connectivity index (χ1n) is 6.08. The summed E-state index contributed by atoms with van der Waals surface area (Å²) in [5.41, 5.74) is 0. The van der Waals surface area contributed by atoms with Crippen molar-refractivity contribution in [2.45, 2.75) is 32.9 Å². The van der Waals surface area contributed by atoms with Gasteiger partial charge in [0.05, 0.1) is 13.1 Å². The molecule has 0 radical (unpaired) electrons. The normalized spacial score (nSPS) is 13.8. The molecule has 6 heteroatoms. The third kappa shape index (κ3) is 2.63. The monoisotopic (exact) mass is 237 g/mol. The number of nitrogens with zero attached hydrogens (tertiary/aromatic N) is 4. The van der Waals surface area contributed by atoms with Crippen molar-refractivity contribution < 1.29 is 4.79 Å². The molecule has 0 atom stereocenters. The van der Waals surface area contributed by atoms with Crippen molar-refractivity contribution in [3.8, 4) is 0 Å². The summed E-state index contributed by atoms with van der Waals surface area (Å²) < 4.78 is 2.12. The molecule has 2 heterocycles. The van der Waals surface area contributed by atoms with Crippen LogP contribution in [0.5, 0.6) is 0 Å². The van der Waals surface area contributed by atoms with Gasteiger partial charge in [-0.15, -0.1) is 10.2 Å². The Morgan fingerprint density at radius 3 is 3.12 bits per heavy atom. The molecule has 1 aliphatic heterocycles. The lowest BCUT2D eigenvalue weighted by atomic mass is 10.4.